The van der Waals surface area contributed by atoms with Crippen molar-refractivity contribution in [3.8, 4) is 0 Å². The third-order valence-corrected chi connectivity index (χ3v) is 10.2. The van der Waals surface area contributed by atoms with E-state index in [9.17, 15) is 9.59 Å². The van der Waals surface area contributed by atoms with Crippen LogP contribution in [0.1, 0.15) is 251 Å². The Kier molecular flexibility index (Phi) is 40.5. The number of hydrogen-bond acceptors (Lipinski definition) is 3. The average Bonchev–Trinajstić information content (AvgIpc) is 3.10. The molecule has 0 aliphatic rings. The second-order valence-electron chi connectivity index (χ2n) is 15.2. The largest absolute Gasteiger partial charge is 0.481 e. The van der Waals surface area contributed by atoms with Gasteiger partial charge in [0, 0.05) is 12.8 Å². The van der Waals surface area contributed by atoms with E-state index in [0.29, 0.717) is 12.8 Å². The van der Waals surface area contributed by atoms with Gasteiger partial charge >= 0.3 is 11.9 Å². The molecule has 0 spiro atoms. The maximum Gasteiger partial charge on any atom is 0.306 e. The van der Waals surface area contributed by atoms with E-state index in [1.807, 2.05) is 0 Å². The van der Waals surface area contributed by atoms with Crippen LogP contribution >= 0.6 is 0 Å². The first kappa shape index (κ1) is 48.4. The number of unbranched alkanes of at least 4 members (excludes halogenated alkanes) is 28. The van der Waals surface area contributed by atoms with E-state index < -0.39 is 5.97 Å². The van der Waals surface area contributed by atoms with Gasteiger partial charge in [-0.05, 0) is 70.6 Å². The van der Waals surface area contributed by atoms with Crippen LogP contribution in [0, 0.1) is 0 Å². The molecule has 4 heteroatoms. The molecule has 0 saturated carbocycles. The molecular formula is C46H86O4. The summed E-state index contributed by atoms with van der Waals surface area (Å²) >= 11 is 0. The highest BCUT2D eigenvalue weighted by Gasteiger charge is 2.14. The summed E-state index contributed by atoms with van der Waals surface area (Å²) in [5, 5.41) is 8.92. The third-order valence-electron chi connectivity index (χ3n) is 10.2. The van der Waals surface area contributed by atoms with Gasteiger partial charge in [0.1, 0.15) is 6.10 Å². The van der Waals surface area contributed by atoms with Crippen molar-refractivity contribution in [2.45, 2.75) is 258 Å². The standard InChI is InChI=1S/C46H86O4/c1-3-5-7-9-11-13-15-17-19-20-21-22-24-26-28-30-32-34-39-43-46(49)50-44(41-37-35-38-42-45(47)48)40-36-33-31-29-27-25-23-18-16-14-12-10-8-6-4-2/h11,13,17,19,44H,3-10,12,14-16,18,20-43H2,1-2H3,(H,47,48)/b13-11-,19-17-. The van der Waals surface area contributed by atoms with Gasteiger partial charge in [-0.25, -0.2) is 0 Å². The number of ether oxygens (including phenoxy) is 1. The van der Waals surface area contributed by atoms with Crippen LogP contribution in [0.3, 0.4) is 0 Å². The molecule has 0 aromatic rings. The van der Waals surface area contributed by atoms with Gasteiger partial charge in [-0.2, -0.15) is 0 Å². The summed E-state index contributed by atoms with van der Waals surface area (Å²) in [6, 6.07) is 0. The van der Waals surface area contributed by atoms with Crippen molar-refractivity contribution in [3.05, 3.63) is 24.3 Å². The normalized spacial score (nSPS) is 12.4. The zero-order valence-electron chi connectivity index (χ0n) is 33.7. The lowest BCUT2D eigenvalue weighted by molar-refractivity contribution is -0.150. The molecule has 1 unspecified atom stereocenters. The second-order valence-corrected chi connectivity index (χ2v) is 15.2. The number of carboxylic acid groups (broad SMARTS) is 1. The van der Waals surface area contributed by atoms with Crippen LogP contribution in [0.5, 0.6) is 0 Å². The highest BCUT2D eigenvalue weighted by molar-refractivity contribution is 5.69. The average molecular weight is 703 g/mol. The zero-order chi connectivity index (χ0) is 36.4. The molecule has 0 amide bonds. The van der Waals surface area contributed by atoms with Gasteiger partial charge in [0.25, 0.3) is 0 Å². The smallest absolute Gasteiger partial charge is 0.306 e. The van der Waals surface area contributed by atoms with Crippen LogP contribution in [0.25, 0.3) is 0 Å². The minimum absolute atomic E-state index is 0.00180. The summed E-state index contributed by atoms with van der Waals surface area (Å²) in [6.45, 7) is 4.54. The minimum atomic E-state index is -0.721. The first-order valence-electron chi connectivity index (χ1n) is 22.3. The molecule has 1 atom stereocenters. The molecule has 0 bridgehead atoms. The Morgan fingerprint density at radius 2 is 0.780 bits per heavy atom. The van der Waals surface area contributed by atoms with E-state index >= 15 is 0 Å². The van der Waals surface area contributed by atoms with Crippen molar-refractivity contribution < 1.29 is 19.4 Å². The molecule has 0 saturated heterocycles. The quantitative estimate of drug-likeness (QED) is 0.0391. The van der Waals surface area contributed by atoms with Crippen LogP contribution in [-0.2, 0) is 14.3 Å². The molecule has 294 valence electrons. The van der Waals surface area contributed by atoms with Crippen molar-refractivity contribution in [2.24, 2.45) is 0 Å². The molecule has 0 heterocycles. The highest BCUT2D eigenvalue weighted by atomic mass is 16.5. The first-order chi connectivity index (χ1) is 24.6. The molecule has 0 aromatic carbocycles. The Hall–Kier alpha value is -1.58. The summed E-state index contributed by atoms with van der Waals surface area (Å²) in [5.41, 5.74) is 0. The minimum Gasteiger partial charge on any atom is -0.481 e. The molecule has 0 rings (SSSR count). The van der Waals surface area contributed by atoms with E-state index in [-0.39, 0.29) is 18.5 Å². The predicted molar refractivity (Wildman–Crippen MR) is 218 cm³/mol. The van der Waals surface area contributed by atoms with E-state index in [1.165, 1.54) is 167 Å². The van der Waals surface area contributed by atoms with E-state index in [2.05, 4.69) is 38.2 Å². The van der Waals surface area contributed by atoms with Crippen molar-refractivity contribution >= 4 is 11.9 Å². The fourth-order valence-electron chi connectivity index (χ4n) is 6.86. The molecule has 1 N–H and O–H groups in total. The van der Waals surface area contributed by atoms with Gasteiger partial charge in [-0.1, -0.05) is 192 Å². The first-order valence-corrected chi connectivity index (χ1v) is 22.3. The van der Waals surface area contributed by atoms with E-state index in [0.717, 1.165) is 51.4 Å². The van der Waals surface area contributed by atoms with Gasteiger partial charge in [0.15, 0.2) is 0 Å². The third kappa shape index (κ3) is 40.8. The predicted octanol–water partition coefficient (Wildman–Crippen LogP) is 15.6. The summed E-state index contributed by atoms with van der Waals surface area (Å²) in [5.74, 6) is -0.750. The molecular weight excluding hydrogens is 617 g/mol. The number of carboxylic acids is 1. The summed E-state index contributed by atoms with van der Waals surface area (Å²) in [6.07, 6.45) is 53.5. The van der Waals surface area contributed by atoms with Gasteiger partial charge in [-0.15, -0.1) is 0 Å². The van der Waals surface area contributed by atoms with Crippen molar-refractivity contribution in [1.29, 1.82) is 0 Å². The Morgan fingerprint density at radius 3 is 1.24 bits per heavy atom. The lowest BCUT2D eigenvalue weighted by Crippen LogP contribution is -2.18. The molecule has 0 aliphatic heterocycles. The number of hydrogen-bond donors (Lipinski definition) is 1. The lowest BCUT2D eigenvalue weighted by Gasteiger charge is -2.18. The lowest BCUT2D eigenvalue weighted by atomic mass is 10.0. The van der Waals surface area contributed by atoms with Gasteiger partial charge < -0.3 is 9.84 Å². The number of aliphatic carboxylic acids is 1. The summed E-state index contributed by atoms with van der Waals surface area (Å²) in [4.78, 5) is 23.5. The van der Waals surface area contributed by atoms with Crippen LogP contribution in [-0.4, -0.2) is 23.1 Å². The Balaban J connectivity index is 3.88. The van der Waals surface area contributed by atoms with Crippen LogP contribution in [0.2, 0.25) is 0 Å². The number of esters is 1. The monoisotopic (exact) mass is 703 g/mol. The number of carbonyl (C=O) groups is 2. The van der Waals surface area contributed by atoms with Crippen molar-refractivity contribution in [1.82, 2.24) is 0 Å². The maximum absolute atomic E-state index is 12.7. The van der Waals surface area contributed by atoms with Crippen LogP contribution in [0.4, 0.5) is 0 Å². The maximum atomic E-state index is 12.7. The number of allylic oxidation sites excluding steroid dienone is 4. The van der Waals surface area contributed by atoms with Crippen LogP contribution < -0.4 is 0 Å². The highest BCUT2D eigenvalue weighted by Crippen LogP contribution is 2.19. The number of carbonyl (C=O) groups excluding carboxylic acids is 1. The van der Waals surface area contributed by atoms with Crippen LogP contribution in [0.15, 0.2) is 24.3 Å². The van der Waals surface area contributed by atoms with Gasteiger partial charge in [0.2, 0.25) is 0 Å². The Morgan fingerprint density at radius 1 is 0.440 bits per heavy atom. The van der Waals surface area contributed by atoms with Gasteiger partial charge in [-0.3, -0.25) is 9.59 Å². The van der Waals surface area contributed by atoms with E-state index in [1.54, 1.807) is 0 Å². The Bertz CT molecular complexity index is 757. The van der Waals surface area contributed by atoms with E-state index in [4.69, 9.17) is 9.84 Å². The molecule has 0 radical (unpaired) electrons. The summed E-state index contributed by atoms with van der Waals surface area (Å²) < 4.78 is 5.97. The SMILES string of the molecule is CCCCC/C=C\C/C=C\CCCCCCCCCCCC(=O)OC(CCCCCCCCCCCCCCCCC)CCCCCC(=O)O. The van der Waals surface area contributed by atoms with Crippen molar-refractivity contribution in [3.63, 3.8) is 0 Å². The zero-order valence-corrected chi connectivity index (χ0v) is 33.7. The fraction of sp³-hybridized carbons (Fsp3) is 0.870. The summed E-state index contributed by atoms with van der Waals surface area (Å²) in [7, 11) is 0. The second kappa shape index (κ2) is 41.8. The Labute approximate surface area is 312 Å². The molecule has 4 nitrogen and oxygen atoms in total. The van der Waals surface area contributed by atoms with Gasteiger partial charge in [0.05, 0.1) is 0 Å². The molecule has 0 aliphatic carbocycles. The topological polar surface area (TPSA) is 63.6 Å². The van der Waals surface area contributed by atoms with Crippen molar-refractivity contribution in [2.75, 3.05) is 0 Å². The number of rotatable bonds is 41. The fourth-order valence-corrected chi connectivity index (χ4v) is 6.86. The molecule has 0 fully saturated rings. The molecule has 50 heavy (non-hydrogen) atoms. The molecule has 0 aromatic heterocycles.